The van der Waals surface area contributed by atoms with Crippen LogP contribution in [0.25, 0.3) is 10.2 Å². The highest BCUT2D eigenvalue weighted by Gasteiger charge is 2.30. The van der Waals surface area contributed by atoms with E-state index in [4.69, 9.17) is 9.57 Å². The van der Waals surface area contributed by atoms with Crippen LogP contribution in [0.15, 0.2) is 53.7 Å². The Balaban J connectivity index is 1.18. The van der Waals surface area contributed by atoms with E-state index in [1.54, 1.807) is 23.5 Å². The minimum absolute atomic E-state index is 0.154. The van der Waals surface area contributed by atoms with E-state index in [1.165, 1.54) is 12.1 Å². The highest BCUT2D eigenvalue weighted by atomic mass is 32.1. The number of nitrogens with one attached hydrogen (secondary N) is 1. The molecule has 154 valence electrons. The average Bonchev–Trinajstić information content (AvgIpc) is 3.39. The van der Waals surface area contributed by atoms with Crippen LogP contribution in [0.5, 0.6) is 0 Å². The van der Waals surface area contributed by atoms with Gasteiger partial charge in [0.25, 0.3) is 5.91 Å². The summed E-state index contributed by atoms with van der Waals surface area (Å²) in [6, 6.07) is 13.7. The van der Waals surface area contributed by atoms with Crippen LogP contribution < -0.4 is 5.32 Å². The van der Waals surface area contributed by atoms with Crippen molar-refractivity contribution < 1.29 is 23.6 Å². The molecule has 1 N–H and O–H groups in total. The number of fused-ring (bicyclic) bond motifs is 1. The Morgan fingerprint density at radius 2 is 2.10 bits per heavy atom. The first-order valence-corrected chi connectivity index (χ1v) is 10.2. The van der Waals surface area contributed by atoms with Crippen LogP contribution in [0.3, 0.4) is 0 Å². The summed E-state index contributed by atoms with van der Waals surface area (Å²) in [5.74, 6) is -1.50. The van der Waals surface area contributed by atoms with Gasteiger partial charge >= 0.3 is 5.97 Å². The predicted molar refractivity (Wildman–Crippen MR) is 110 cm³/mol. The lowest BCUT2D eigenvalue weighted by atomic mass is 10.1. The third kappa shape index (κ3) is 4.80. The molecule has 1 aliphatic heterocycles. The van der Waals surface area contributed by atoms with Crippen molar-refractivity contribution in [2.75, 3.05) is 13.2 Å². The number of carbonyl (C=O) groups is 2. The highest BCUT2D eigenvalue weighted by molar-refractivity contribution is 7.18. The number of nitrogens with zero attached hydrogens (tertiary/aromatic N) is 2. The number of carbonyl (C=O) groups excluding carboxylic acids is 2. The van der Waals surface area contributed by atoms with Gasteiger partial charge in [-0.2, -0.15) is 0 Å². The Labute approximate surface area is 175 Å². The van der Waals surface area contributed by atoms with Crippen LogP contribution in [0, 0.1) is 5.82 Å². The van der Waals surface area contributed by atoms with Crippen molar-refractivity contribution in [3.05, 3.63) is 64.9 Å². The third-order valence-electron chi connectivity index (χ3n) is 4.43. The van der Waals surface area contributed by atoms with Crippen LogP contribution in [0.2, 0.25) is 0 Å². The minimum atomic E-state index is -0.946. The monoisotopic (exact) mass is 427 g/mol. The molecule has 2 aromatic carbocycles. The highest BCUT2D eigenvalue weighted by Crippen LogP contribution is 2.21. The number of amides is 1. The first-order chi connectivity index (χ1) is 14.6. The average molecular weight is 427 g/mol. The van der Waals surface area contributed by atoms with Crippen molar-refractivity contribution in [1.29, 1.82) is 0 Å². The zero-order chi connectivity index (χ0) is 20.9. The van der Waals surface area contributed by atoms with Gasteiger partial charge in [-0.1, -0.05) is 29.4 Å². The molecule has 1 aliphatic rings. The van der Waals surface area contributed by atoms with Crippen molar-refractivity contribution in [2.45, 2.75) is 18.9 Å². The summed E-state index contributed by atoms with van der Waals surface area (Å²) < 4.78 is 19.4. The summed E-state index contributed by atoms with van der Waals surface area (Å²) in [7, 11) is 0. The fourth-order valence-corrected chi connectivity index (χ4v) is 3.93. The van der Waals surface area contributed by atoms with Crippen molar-refractivity contribution in [3.63, 3.8) is 0 Å². The van der Waals surface area contributed by atoms with Gasteiger partial charge < -0.3 is 14.9 Å². The Morgan fingerprint density at radius 1 is 1.23 bits per heavy atom. The molecule has 1 atom stereocenters. The molecule has 0 spiro atoms. The van der Waals surface area contributed by atoms with E-state index in [0.29, 0.717) is 24.2 Å². The minimum Gasteiger partial charge on any atom is -0.453 e. The Hall–Kier alpha value is -3.33. The molecule has 3 aromatic rings. The van der Waals surface area contributed by atoms with Gasteiger partial charge in [-0.3, -0.25) is 4.79 Å². The van der Waals surface area contributed by atoms with Crippen LogP contribution in [-0.2, 0) is 25.6 Å². The van der Waals surface area contributed by atoms with E-state index in [9.17, 15) is 14.0 Å². The molecule has 0 fully saturated rings. The summed E-state index contributed by atoms with van der Waals surface area (Å²) in [5, 5.41) is 7.45. The zero-order valence-electron chi connectivity index (χ0n) is 15.8. The van der Waals surface area contributed by atoms with E-state index in [2.05, 4.69) is 15.5 Å². The normalized spacial score (nSPS) is 15.5. The second kappa shape index (κ2) is 9.00. The molecule has 0 saturated heterocycles. The number of rotatable bonds is 7. The summed E-state index contributed by atoms with van der Waals surface area (Å²) >= 11 is 1.58. The lowest BCUT2D eigenvalue weighted by Crippen LogP contribution is -2.33. The Bertz CT molecular complexity index is 1080. The molecule has 0 radical (unpaired) electrons. The Morgan fingerprint density at radius 3 is 2.93 bits per heavy atom. The summed E-state index contributed by atoms with van der Waals surface area (Å²) in [6.45, 7) is -0.0171. The molecule has 1 aromatic heterocycles. The van der Waals surface area contributed by atoms with Crippen LogP contribution in [0.1, 0.15) is 17.0 Å². The predicted octanol–water partition coefficient (Wildman–Crippen LogP) is 2.83. The van der Waals surface area contributed by atoms with Gasteiger partial charge in [0.2, 0.25) is 6.10 Å². The van der Waals surface area contributed by atoms with Gasteiger partial charge in [-0.25, -0.2) is 14.2 Å². The van der Waals surface area contributed by atoms with E-state index >= 15 is 0 Å². The van der Waals surface area contributed by atoms with Crippen LogP contribution in [0.4, 0.5) is 4.39 Å². The van der Waals surface area contributed by atoms with Crippen molar-refractivity contribution in [1.82, 2.24) is 10.3 Å². The topological polar surface area (TPSA) is 89.9 Å². The smallest absolute Gasteiger partial charge is 0.351 e. The van der Waals surface area contributed by atoms with Gasteiger partial charge in [0.05, 0.1) is 20.9 Å². The number of oxime groups is 1. The maximum atomic E-state index is 13.3. The maximum Gasteiger partial charge on any atom is 0.351 e. The SMILES string of the molecule is O=C(COC(=O)C1CC(c2cccc(F)c2)=NO1)NCCc1nc2ccccc2s1. The maximum absolute atomic E-state index is 13.3. The number of aromatic nitrogens is 1. The Kier molecular flexibility index (Phi) is 5.99. The summed E-state index contributed by atoms with van der Waals surface area (Å²) in [5.41, 5.74) is 1.93. The number of benzene rings is 2. The zero-order valence-corrected chi connectivity index (χ0v) is 16.7. The molecule has 0 aliphatic carbocycles. The van der Waals surface area contributed by atoms with E-state index in [0.717, 1.165) is 15.2 Å². The van der Waals surface area contributed by atoms with Gasteiger partial charge in [-0.05, 0) is 24.3 Å². The first kappa shape index (κ1) is 20.0. The summed E-state index contributed by atoms with van der Waals surface area (Å²) in [4.78, 5) is 33.6. The lowest BCUT2D eigenvalue weighted by Gasteiger charge is -2.09. The van der Waals surface area contributed by atoms with Crippen molar-refractivity contribution in [3.8, 4) is 0 Å². The van der Waals surface area contributed by atoms with Gasteiger partial charge in [0.15, 0.2) is 6.61 Å². The van der Waals surface area contributed by atoms with E-state index in [-0.39, 0.29) is 6.42 Å². The van der Waals surface area contributed by atoms with Crippen LogP contribution in [-0.4, -0.2) is 41.8 Å². The van der Waals surface area contributed by atoms with E-state index in [1.807, 2.05) is 24.3 Å². The number of hydrogen-bond donors (Lipinski definition) is 1. The first-order valence-electron chi connectivity index (χ1n) is 9.35. The van der Waals surface area contributed by atoms with Gasteiger partial charge in [0, 0.05) is 24.9 Å². The number of ether oxygens (including phenoxy) is 1. The quantitative estimate of drug-likeness (QED) is 0.586. The van der Waals surface area contributed by atoms with E-state index < -0.39 is 30.4 Å². The number of hydrogen-bond acceptors (Lipinski definition) is 7. The molecule has 0 bridgehead atoms. The van der Waals surface area contributed by atoms with Crippen molar-refractivity contribution >= 4 is 39.1 Å². The number of esters is 1. The second-order valence-electron chi connectivity index (χ2n) is 6.63. The van der Waals surface area contributed by atoms with Gasteiger partial charge in [0.1, 0.15) is 5.82 Å². The molecule has 30 heavy (non-hydrogen) atoms. The molecule has 9 heteroatoms. The third-order valence-corrected chi connectivity index (χ3v) is 5.53. The number of thiazole rings is 1. The molecule has 4 rings (SSSR count). The molecule has 1 unspecified atom stereocenters. The number of halogens is 1. The van der Waals surface area contributed by atoms with Crippen molar-refractivity contribution in [2.24, 2.45) is 5.16 Å². The molecular weight excluding hydrogens is 409 g/mol. The number of para-hydroxylation sites is 1. The molecule has 2 heterocycles. The second-order valence-corrected chi connectivity index (χ2v) is 7.74. The summed E-state index contributed by atoms with van der Waals surface area (Å²) in [6.07, 6.45) is -0.198. The molecule has 7 nitrogen and oxygen atoms in total. The fourth-order valence-electron chi connectivity index (χ4n) is 2.96. The molecule has 1 amide bonds. The molecular formula is C21H18FN3O4S. The lowest BCUT2D eigenvalue weighted by molar-refractivity contribution is -0.158. The van der Waals surface area contributed by atoms with Gasteiger partial charge in [-0.15, -0.1) is 11.3 Å². The molecule has 0 saturated carbocycles. The fraction of sp³-hybridized carbons (Fsp3) is 0.238. The van der Waals surface area contributed by atoms with Crippen LogP contribution >= 0.6 is 11.3 Å². The standard InChI is InChI=1S/C21H18FN3O4S/c22-14-5-3-4-13(10-14)16-11-17(29-25-16)21(27)28-12-19(26)23-9-8-20-24-15-6-1-2-7-18(15)30-20/h1-7,10,17H,8-9,11-12H2,(H,23,26). The largest absolute Gasteiger partial charge is 0.453 e.